The number of hydrogen-bond acceptors (Lipinski definition) is 5. The number of anilines is 1. The maximum Gasteiger partial charge on any atom is 0.270 e. The molecule has 0 unspecified atom stereocenters. The van der Waals surface area contributed by atoms with E-state index in [9.17, 15) is 9.59 Å². The number of nitrogens with two attached hydrogens (primary N) is 2. The number of likely N-dealkylation sites (tertiary alicyclic amines) is 1. The number of nitrogens with zero attached hydrogens (tertiary/aromatic N) is 4. The summed E-state index contributed by atoms with van der Waals surface area (Å²) in [4.78, 5) is 35.8. The Morgan fingerprint density at radius 2 is 2.00 bits per heavy atom. The summed E-state index contributed by atoms with van der Waals surface area (Å²) in [6.45, 7) is 14.7. The number of benzene rings is 1. The van der Waals surface area contributed by atoms with Gasteiger partial charge in [-0.2, -0.15) is 0 Å². The molecule has 2 aromatic rings. The molecule has 9 nitrogen and oxygen atoms in total. The Morgan fingerprint density at radius 1 is 1.33 bits per heavy atom. The van der Waals surface area contributed by atoms with Crippen molar-refractivity contribution in [2.24, 2.45) is 23.7 Å². The number of imidazole rings is 1. The first-order chi connectivity index (χ1) is 16.7. The van der Waals surface area contributed by atoms with Crippen LogP contribution in [0.5, 0.6) is 0 Å². The molecule has 2 atom stereocenters. The Bertz CT molecular complexity index is 1230. The first-order valence-electron chi connectivity index (χ1n) is 11.9. The highest BCUT2D eigenvalue weighted by molar-refractivity contribution is 6.32. The van der Waals surface area contributed by atoms with Crippen LogP contribution < -0.4 is 16.8 Å². The first-order valence-corrected chi connectivity index (χ1v) is 12.3. The van der Waals surface area contributed by atoms with Crippen LogP contribution >= 0.6 is 11.6 Å². The van der Waals surface area contributed by atoms with Crippen LogP contribution in [0.3, 0.4) is 0 Å². The molecular formula is C26H36ClN7O2. The van der Waals surface area contributed by atoms with Crippen molar-refractivity contribution in [1.82, 2.24) is 19.8 Å². The molecule has 0 aliphatic carbocycles. The molecule has 3 rings (SSSR count). The molecule has 10 heteroatoms. The zero-order chi connectivity index (χ0) is 26.9. The van der Waals surface area contributed by atoms with Gasteiger partial charge < -0.3 is 26.3 Å². The summed E-state index contributed by atoms with van der Waals surface area (Å²) in [6, 6.07) is 3.42. The average Bonchev–Trinajstić information content (AvgIpc) is 3.28. The second kappa shape index (κ2) is 10.3. The molecule has 0 radical (unpaired) electrons. The molecule has 1 saturated heterocycles. The number of amides is 2. The van der Waals surface area contributed by atoms with Gasteiger partial charge in [-0.25, -0.2) is 4.98 Å². The standard InChI is InChI=1S/C26H36ClN7O2/c1-8-22(35)34-12-14(2)20(13-34)32-25(36)23-15(3)31-21(33(23)7)11-30-24(29)16-9-17(26(4,5)6)18(27)10-19(16)28/h8-10,14,20H,1,11-13,28H2,2-7H3,(H2,29,30)(H,32,36)/t14-,20+/m1/s1. The number of amidine groups is 1. The number of carbonyl (C=O) groups excluding carboxylic acids is 2. The van der Waals surface area contributed by atoms with E-state index in [1.807, 2.05) is 13.0 Å². The maximum atomic E-state index is 13.1. The van der Waals surface area contributed by atoms with Crippen LogP contribution in [-0.4, -0.2) is 51.2 Å². The maximum absolute atomic E-state index is 13.1. The van der Waals surface area contributed by atoms with Crippen molar-refractivity contribution in [3.63, 3.8) is 0 Å². The van der Waals surface area contributed by atoms with Crippen molar-refractivity contribution in [2.45, 2.75) is 52.6 Å². The average molecular weight is 514 g/mol. The topological polar surface area (TPSA) is 132 Å². The van der Waals surface area contributed by atoms with Gasteiger partial charge in [-0.3, -0.25) is 14.6 Å². The SMILES string of the molecule is C=CC(=O)N1C[C@@H](C)[C@@H](NC(=O)c2c(C)nc(CN=C(N)c3cc(C(C)(C)C)c(Cl)cc3N)n2C)C1. The number of halogens is 1. The van der Waals surface area contributed by atoms with Gasteiger partial charge in [0.1, 0.15) is 17.4 Å². The fourth-order valence-electron chi connectivity index (χ4n) is 4.48. The van der Waals surface area contributed by atoms with Crippen LogP contribution in [0.25, 0.3) is 0 Å². The Kier molecular flexibility index (Phi) is 7.83. The fourth-order valence-corrected chi connectivity index (χ4v) is 4.93. The van der Waals surface area contributed by atoms with E-state index in [2.05, 4.69) is 42.6 Å². The van der Waals surface area contributed by atoms with E-state index in [0.717, 1.165) is 5.56 Å². The third-order valence-electron chi connectivity index (χ3n) is 6.61. The van der Waals surface area contributed by atoms with E-state index in [1.165, 1.54) is 6.08 Å². The van der Waals surface area contributed by atoms with Crippen molar-refractivity contribution in [3.8, 4) is 0 Å². The lowest BCUT2D eigenvalue weighted by atomic mass is 9.85. The predicted octanol–water partition coefficient (Wildman–Crippen LogP) is 2.93. The highest BCUT2D eigenvalue weighted by Crippen LogP contribution is 2.33. The summed E-state index contributed by atoms with van der Waals surface area (Å²) in [5.74, 6) is 0.606. The van der Waals surface area contributed by atoms with Gasteiger partial charge in [-0.05, 0) is 42.0 Å². The molecule has 5 N–H and O–H groups in total. The number of aryl methyl sites for hydroxylation is 1. The van der Waals surface area contributed by atoms with Gasteiger partial charge in [0.2, 0.25) is 5.91 Å². The molecule has 0 bridgehead atoms. The van der Waals surface area contributed by atoms with Crippen LogP contribution in [-0.2, 0) is 23.8 Å². The molecule has 1 fully saturated rings. The lowest BCUT2D eigenvalue weighted by Crippen LogP contribution is -2.41. The number of hydrogen-bond donors (Lipinski definition) is 3. The number of aliphatic imine (C=N–C) groups is 1. The number of rotatable bonds is 6. The van der Waals surface area contributed by atoms with Gasteiger partial charge in [0.15, 0.2) is 0 Å². The molecule has 2 amide bonds. The van der Waals surface area contributed by atoms with E-state index in [0.29, 0.717) is 46.6 Å². The second-order valence-electron chi connectivity index (χ2n) is 10.4. The van der Waals surface area contributed by atoms with Gasteiger partial charge >= 0.3 is 0 Å². The van der Waals surface area contributed by atoms with E-state index >= 15 is 0 Å². The molecule has 194 valence electrons. The van der Waals surface area contributed by atoms with Gasteiger partial charge in [-0.15, -0.1) is 0 Å². The fraction of sp³-hybridized carbons (Fsp3) is 0.462. The Balaban J connectivity index is 1.79. The van der Waals surface area contributed by atoms with E-state index in [-0.39, 0.29) is 41.6 Å². The number of aromatic nitrogens is 2. The van der Waals surface area contributed by atoms with E-state index in [4.69, 9.17) is 23.1 Å². The highest BCUT2D eigenvalue weighted by atomic mass is 35.5. The molecule has 0 saturated carbocycles. The van der Waals surface area contributed by atoms with Crippen molar-refractivity contribution in [3.05, 3.63) is 58.1 Å². The summed E-state index contributed by atoms with van der Waals surface area (Å²) in [5.41, 5.74) is 15.3. The van der Waals surface area contributed by atoms with Crippen LogP contribution in [0.4, 0.5) is 5.69 Å². The Labute approximate surface area is 217 Å². The zero-order valence-electron chi connectivity index (χ0n) is 21.9. The normalized spacial score (nSPS) is 18.4. The molecule has 1 aliphatic rings. The Hall–Kier alpha value is -3.33. The lowest BCUT2D eigenvalue weighted by molar-refractivity contribution is -0.125. The summed E-state index contributed by atoms with van der Waals surface area (Å²) in [7, 11) is 1.77. The third-order valence-corrected chi connectivity index (χ3v) is 6.92. The second-order valence-corrected chi connectivity index (χ2v) is 10.8. The monoisotopic (exact) mass is 513 g/mol. The summed E-state index contributed by atoms with van der Waals surface area (Å²) in [5, 5.41) is 3.64. The highest BCUT2D eigenvalue weighted by Gasteiger charge is 2.33. The van der Waals surface area contributed by atoms with Gasteiger partial charge in [-0.1, -0.05) is 45.9 Å². The predicted molar refractivity (Wildman–Crippen MR) is 144 cm³/mol. The molecule has 1 aromatic heterocycles. The molecule has 0 spiro atoms. The minimum absolute atomic E-state index is 0.123. The minimum Gasteiger partial charge on any atom is -0.398 e. The zero-order valence-corrected chi connectivity index (χ0v) is 22.6. The molecule has 1 aliphatic heterocycles. The third kappa shape index (κ3) is 5.56. The van der Waals surface area contributed by atoms with Crippen LogP contribution in [0.1, 0.15) is 60.8 Å². The summed E-state index contributed by atoms with van der Waals surface area (Å²) < 4.78 is 1.72. The van der Waals surface area contributed by atoms with Crippen molar-refractivity contribution >= 4 is 34.9 Å². The van der Waals surface area contributed by atoms with Crippen molar-refractivity contribution in [1.29, 1.82) is 0 Å². The smallest absolute Gasteiger partial charge is 0.270 e. The molecule has 36 heavy (non-hydrogen) atoms. The summed E-state index contributed by atoms with van der Waals surface area (Å²) in [6.07, 6.45) is 1.29. The number of nitrogen functional groups attached to an aromatic ring is 1. The van der Waals surface area contributed by atoms with Gasteiger partial charge in [0, 0.05) is 36.4 Å². The van der Waals surface area contributed by atoms with Crippen LogP contribution in [0.15, 0.2) is 29.8 Å². The minimum atomic E-state index is -0.243. The van der Waals surface area contributed by atoms with E-state index in [1.54, 1.807) is 29.5 Å². The van der Waals surface area contributed by atoms with Crippen molar-refractivity contribution in [2.75, 3.05) is 18.8 Å². The van der Waals surface area contributed by atoms with Crippen LogP contribution in [0.2, 0.25) is 5.02 Å². The number of carbonyl (C=O) groups is 2. The molecular weight excluding hydrogens is 478 g/mol. The lowest BCUT2D eigenvalue weighted by Gasteiger charge is -2.22. The van der Waals surface area contributed by atoms with E-state index < -0.39 is 0 Å². The first kappa shape index (κ1) is 27.3. The number of nitrogens with one attached hydrogen (secondary N) is 1. The van der Waals surface area contributed by atoms with Crippen molar-refractivity contribution < 1.29 is 9.59 Å². The van der Waals surface area contributed by atoms with Gasteiger partial charge in [0.25, 0.3) is 5.91 Å². The van der Waals surface area contributed by atoms with Crippen LogP contribution in [0, 0.1) is 12.8 Å². The Morgan fingerprint density at radius 3 is 2.61 bits per heavy atom. The molecule has 1 aromatic carbocycles. The van der Waals surface area contributed by atoms with Gasteiger partial charge in [0.05, 0.1) is 18.3 Å². The molecule has 2 heterocycles. The quantitative estimate of drug-likeness (QED) is 0.236. The summed E-state index contributed by atoms with van der Waals surface area (Å²) >= 11 is 6.40. The largest absolute Gasteiger partial charge is 0.398 e.